The number of hydrogen-bond acceptors (Lipinski definition) is 3. The zero-order chi connectivity index (χ0) is 16.4. The molecule has 1 aliphatic carbocycles. The second-order valence-corrected chi connectivity index (χ2v) is 6.42. The van der Waals surface area contributed by atoms with E-state index >= 15 is 0 Å². The van der Waals surface area contributed by atoms with E-state index in [1.54, 1.807) is 0 Å². The van der Waals surface area contributed by atoms with Crippen molar-refractivity contribution in [2.75, 3.05) is 0 Å². The van der Waals surface area contributed by atoms with Gasteiger partial charge in [-0.05, 0) is 29.5 Å². The highest BCUT2D eigenvalue weighted by atomic mass is 16.6. The van der Waals surface area contributed by atoms with Crippen molar-refractivity contribution in [3.63, 3.8) is 0 Å². The maximum absolute atomic E-state index is 12.5. The fourth-order valence-electron chi connectivity index (χ4n) is 3.47. The van der Waals surface area contributed by atoms with Crippen LogP contribution in [0.4, 0.5) is 0 Å². The highest BCUT2D eigenvalue weighted by molar-refractivity contribution is 5.94. The lowest BCUT2D eigenvalue weighted by molar-refractivity contribution is -0.131. The van der Waals surface area contributed by atoms with Crippen LogP contribution in [0.15, 0.2) is 59.8 Å². The molecule has 0 aromatic heterocycles. The standard InChI is InChI=1S/C20H20N2O2/c23-20(21-18-11-10-15-8-4-5-9-17(15)18)19-13-16(22-24-19)12-14-6-2-1-3-7-14/h1-9,18-19H,10-13H2,(H,21,23)/t18-,19+/m1/s1. The Morgan fingerprint density at radius 2 is 1.92 bits per heavy atom. The van der Waals surface area contributed by atoms with E-state index in [1.807, 2.05) is 30.3 Å². The van der Waals surface area contributed by atoms with Crippen molar-refractivity contribution in [2.45, 2.75) is 37.8 Å². The van der Waals surface area contributed by atoms with E-state index in [9.17, 15) is 4.79 Å². The van der Waals surface area contributed by atoms with Gasteiger partial charge in [0.1, 0.15) is 0 Å². The molecule has 122 valence electrons. The molecule has 0 radical (unpaired) electrons. The molecule has 0 fully saturated rings. The number of carbonyl (C=O) groups excluding carboxylic acids is 1. The topological polar surface area (TPSA) is 50.7 Å². The van der Waals surface area contributed by atoms with Crippen LogP contribution in [0.2, 0.25) is 0 Å². The molecular weight excluding hydrogens is 300 g/mol. The van der Waals surface area contributed by atoms with Crippen LogP contribution in [-0.2, 0) is 22.5 Å². The molecule has 1 aliphatic heterocycles. The second-order valence-electron chi connectivity index (χ2n) is 6.42. The first-order valence-electron chi connectivity index (χ1n) is 8.43. The number of rotatable bonds is 4. The van der Waals surface area contributed by atoms with Gasteiger partial charge in [0.15, 0.2) is 0 Å². The Labute approximate surface area is 141 Å². The second kappa shape index (κ2) is 6.48. The number of aryl methyl sites for hydroxylation is 1. The van der Waals surface area contributed by atoms with Gasteiger partial charge in [0.2, 0.25) is 6.10 Å². The Morgan fingerprint density at radius 1 is 1.12 bits per heavy atom. The van der Waals surface area contributed by atoms with Crippen LogP contribution >= 0.6 is 0 Å². The van der Waals surface area contributed by atoms with Crippen molar-refractivity contribution in [1.82, 2.24) is 5.32 Å². The Hall–Kier alpha value is -2.62. The molecule has 2 aromatic carbocycles. The van der Waals surface area contributed by atoms with Crippen LogP contribution in [0.25, 0.3) is 0 Å². The molecule has 1 heterocycles. The molecule has 4 rings (SSSR count). The smallest absolute Gasteiger partial charge is 0.264 e. The largest absolute Gasteiger partial charge is 0.382 e. The van der Waals surface area contributed by atoms with Crippen LogP contribution in [0.3, 0.4) is 0 Å². The van der Waals surface area contributed by atoms with Gasteiger partial charge >= 0.3 is 0 Å². The third kappa shape index (κ3) is 3.04. The first-order valence-corrected chi connectivity index (χ1v) is 8.43. The van der Waals surface area contributed by atoms with Gasteiger partial charge in [0, 0.05) is 12.8 Å². The minimum atomic E-state index is -0.503. The molecule has 4 nitrogen and oxygen atoms in total. The van der Waals surface area contributed by atoms with E-state index in [1.165, 1.54) is 16.7 Å². The van der Waals surface area contributed by atoms with E-state index in [2.05, 4.69) is 34.7 Å². The van der Waals surface area contributed by atoms with E-state index in [0.29, 0.717) is 6.42 Å². The maximum Gasteiger partial charge on any atom is 0.264 e. The lowest BCUT2D eigenvalue weighted by Gasteiger charge is -2.16. The van der Waals surface area contributed by atoms with Gasteiger partial charge in [-0.15, -0.1) is 0 Å². The maximum atomic E-state index is 12.5. The van der Waals surface area contributed by atoms with E-state index < -0.39 is 6.10 Å². The summed E-state index contributed by atoms with van der Waals surface area (Å²) in [4.78, 5) is 17.9. The number of fused-ring (bicyclic) bond motifs is 1. The highest BCUT2D eigenvalue weighted by Gasteiger charge is 2.31. The van der Waals surface area contributed by atoms with Crippen molar-refractivity contribution in [3.8, 4) is 0 Å². The highest BCUT2D eigenvalue weighted by Crippen LogP contribution is 2.31. The monoisotopic (exact) mass is 320 g/mol. The SMILES string of the molecule is O=C(N[C@@H]1CCc2ccccc21)[C@@H]1CC(Cc2ccccc2)=NO1. The predicted octanol–water partition coefficient (Wildman–Crippen LogP) is 3.18. The van der Waals surface area contributed by atoms with Crippen LogP contribution in [0.1, 0.15) is 35.6 Å². The molecule has 4 heteroatoms. The number of nitrogens with zero attached hydrogens (tertiary/aromatic N) is 1. The van der Waals surface area contributed by atoms with Crippen LogP contribution in [0.5, 0.6) is 0 Å². The summed E-state index contributed by atoms with van der Waals surface area (Å²) in [6.45, 7) is 0. The van der Waals surface area contributed by atoms with Gasteiger partial charge in [-0.25, -0.2) is 0 Å². The minimum Gasteiger partial charge on any atom is -0.382 e. The molecule has 1 amide bonds. The summed E-state index contributed by atoms with van der Waals surface area (Å²) in [7, 11) is 0. The lowest BCUT2D eigenvalue weighted by Crippen LogP contribution is -2.36. The Kier molecular flexibility index (Phi) is 4.03. The molecule has 0 saturated heterocycles. The summed E-state index contributed by atoms with van der Waals surface area (Å²) in [5, 5.41) is 7.23. The molecule has 2 aromatic rings. The van der Waals surface area contributed by atoms with Crippen LogP contribution < -0.4 is 5.32 Å². The van der Waals surface area contributed by atoms with Gasteiger partial charge < -0.3 is 10.2 Å². The first kappa shape index (κ1) is 14.9. The third-order valence-corrected chi connectivity index (χ3v) is 4.72. The quantitative estimate of drug-likeness (QED) is 0.940. The molecular formula is C20H20N2O2. The predicted molar refractivity (Wildman–Crippen MR) is 92.7 cm³/mol. The minimum absolute atomic E-state index is 0.0662. The fraction of sp³-hybridized carbons (Fsp3) is 0.300. The normalized spacial score (nSPS) is 21.8. The Balaban J connectivity index is 1.34. The van der Waals surface area contributed by atoms with Gasteiger partial charge in [-0.2, -0.15) is 0 Å². The average molecular weight is 320 g/mol. The van der Waals surface area contributed by atoms with E-state index in [4.69, 9.17) is 4.84 Å². The fourth-order valence-corrected chi connectivity index (χ4v) is 3.47. The van der Waals surface area contributed by atoms with Crippen molar-refractivity contribution in [3.05, 3.63) is 71.3 Å². The molecule has 0 spiro atoms. The average Bonchev–Trinajstić information content (AvgIpc) is 3.24. The summed E-state index contributed by atoms with van der Waals surface area (Å²) >= 11 is 0. The molecule has 2 aliphatic rings. The summed E-state index contributed by atoms with van der Waals surface area (Å²) in [5.41, 5.74) is 4.67. The van der Waals surface area contributed by atoms with Gasteiger partial charge in [0.05, 0.1) is 11.8 Å². The molecule has 24 heavy (non-hydrogen) atoms. The molecule has 2 atom stereocenters. The van der Waals surface area contributed by atoms with Gasteiger partial charge in [0.25, 0.3) is 5.91 Å². The number of carbonyl (C=O) groups is 1. The van der Waals surface area contributed by atoms with Crippen molar-refractivity contribution in [1.29, 1.82) is 0 Å². The first-order chi connectivity index (χ1) is 11.8. The summed E-state index contributed by atoms with van der Waals surface area (Å²) in [6, 6.07) is 18.5. The summed E-state index contributed by atoms with van der Waals surface area (Å²) in [5.74, 6) is -0.0662. The number of hydrogen-bond donors (Lipinski definition) is 1. The van der Waals surface area contributed by atoms with E-state index in [-0.39, 0.29) is 11.9 Å². The number of amides is 1. The number of benzene rings is 2. The van der Waals surface area contributed by atoms with Crippen LogP contribution in [-0.4, -0.2) is 17.7 Å². The van der Waals surface area contributed by atoms with E-state index in [0.717, 1.165) is 25.0 Å². The molecule has 0 bridgehead atoms. The lowest BCUT2D eigenvalue weighted by atomic mass is 10.0. The zero-order valence-electron chi connectivity index (χ0n) is 13.4. The molecule has 0 unspecified atom stereocenters. The van der Waals surface area contributed by atoms with Crippen LogP contribution in [0, 0.1) is 0 Å². The van der Waals surface area contributed by atoms with Gasteiger partial charge in [-0.3, -0.25) is 4.79 Å². The third-order valence-electron chi connectivity index (χ3n) is 4.72. The van der Waals surface area contributed by atoms with Crippen molar-refractivity contribution < 1.29 is 9.63 Å². The van der Waals surface area contributed by atoms with Crippen molar-refractivity contribution >= 4 is 11.6 Å². The summed E-state index contributed by atoms with van der Waals surface area (Å²) in [6.07, 6.45) is 2.76. The summed E-state index contributed by atoms with van der Waals surface area (Å²) < 4.78 is 0. The molecule has 0 saturated carbocycles. The Morgan fingerprint density at radius 3 is 2.79 bits per heavy atom. The van der Waals surface area contributed by atoms with Crippen molar-refractivity contribution in [2.24, 2.45) is 5.16 Å². The number of oxime groups is 1. The molecule has 1 N–H and O–H groups in total. The zero-order valence-corrected chi connectivity index (χ0v) is 13.4. The number of nitrogens with one attached hydrogen (secondary N) is 1. The Bertz CT molecular complexity index is 770. The van der Waals surface area contributed by atoms with Gasteiger partial charge in [-0.1, -0.05) is 59.8 Å².